The normalized spacial score (nSPS) is 12.3. The predicted octanol–water partition coefficient (Wildman–Crippen LogP) is 2.53. The quantitative estimate of drug-likeness (QED) is 0.639. The molecular weight excluding hydrogens is 310 g/mol. The number of aromatic nitrogens is 3. The summed E-state index contributed by atoms with van der Waals surface area (Å²) in [6, 6.07) is 5.84. The highest BCUT2D eigenvalue weighted by Crippen LogP contribution is 2.39. The van der Waals surface area contributed by atoms with E-state index in [-0.39, 0.29) is 11.2 Å². The van der Waals surface area contributed by atoms with E-state index in [0.717, 1.165) is 27.8 Å². The van der Waals surface area contributed by atoms with Crippen LogP contribution < -0.4 is 16.2 Å². The minimum Gasteiger partial charge on any atom is -0.496 e. The maximum Gasteiger partial charge on any atom is 0.221 e. The number of nitrogens with two attached hydrogens (primary N) is 2. The van der Waals surface area contributed by atoms with Gasteiger partial charge in [0.1, 0.15) is 11.6 Å². The zero-order chi connectivity index (χ0) is 16.6. The van der Waals surface area contributed by atoms with E-state index in [0.29, 0.717) is 11.4 Å². The Labute approximate surface area is 139 Å². The number of thiol groups is 1. The summed E-state index contributed by atoms with van der Waals surface area (Å²) in [5, 5.41) is 0.666. The molecule has 3 aromatic rings. The Kier molecular flexibility index (Phi) is 3.96. The van der Waals surface area contributed by atoms with Gasteiger partial charge in [-0.05, 0) is 24.6 Å². The lowest BCUT2D eigenvalue weighted by atomic mass is 9.98. The second kappa shape index (κ2) is 5.92. The van der Waals surface area contributed by atoms with Crippen LogP contribution in [0.4, 0.5) is 11.8 Å². The lowest BCUT2D eigenvalue weighted by Gasteiger charge is -2.18. The van der Waals surface area contributed by atoms with Crippen LogP contribution in [0.3, 0.4) is 0 Å². The summed E-state index contributed by atoms with van der Waals surface area (Å²) >= 11 is 4.73. The van der Waals surface area contributed by atoms with Gasteiger partial charge in [0, 0.05) is 28.9 Å². The van der Waals surface area contributed by atoms with Crippen LogP contribution in [0, 0.1) is 6.92 Å². The zero-order valence-corrected chi connectivity index (χ0v) is 13.7. The van der Waals surface area contributed by atoms with Crippen molar-refractivity contribution in [3.8, 4) is 5.75 Å². The van der Waals surface area contributed by atoms with Crippen molar-refractivity contribution in [2.24, 2.45) is 0 Å². The van der Waals surface area contributed by atoms with E-state index < -0.39 is 0 Å². The first-order valence-corrected chi connectivity index (χ1v) is 7.52. The van der Waals surface area contributed by atoms with E-state index in [4.69, 9.17) is 28.8 Å². The SMILES string of the molecule is COc1cc(C(S)c2cnc(N)nc2N)c2cccnc2c1C. The summed E-state index contributed by atoms with van der Waals surface area (Å²) in [7, 11) is 1.63. The van der Waals surface area contributed by atoms with E-state index in [9.17, 15) is 0 Å². The molecule has 4 N–H and O–H groups in total. The Morgan fingerprint density at radius 3 is 2.70 bits per heavy atom. The van der Waals surface area contributed by atoms with E-state index >= 15 is 0 Å². The standard InChI is InChI=1S/C16H17N5OS/c1-8-12(22-2)6-10(9-4-3-5-19-13(8)9)14(23)11-7-20-16(18)21-15(11)17/h3-7,14,23H,1-2H3,(H4,17,18,20,21). The molecule has 0 bridgehead atoms. The number of pyridine rings is 1. The monoisotopic (exact) mass is 327 g/mol. The van der Waals surface area contributed by atoms with Crippen molar-refractivity contribution < 1.29 is 4.74 Å². The average Bonchev–Trinajstić information content (AvgIpc) is 2.55. The zero-order valence-electron chi connectivity index (χ0n) is 12.8. The molecule has 6 nitrogen and oxygen atoms in total. The van der Waals surface area contributed by atoms with Crippen LogP contribution in [0.15, 0.2) is 30.6 Å². The molecule has 1 atom stereocenters. The van der Waals surface area contributed by atoms with Crippen molar-refractivity contribution >= 4 is 35.3 Å². The first-order chi connectivity index (χ1) is 11.0. The van der Waals surface area contributed by atoms with E-state index in [1.165, 1.54) is 0 Å². The van der Waals surface area contributed by atoms with E-state index in [1.54, 1.807) is 19.5 Å². The largest absolute Gasteiger partial charge is 0.496 e. The molecule has 0 aliphatic rings. The Morgan fingerprint density at radius 2 is 2.00 bits per heavy atom. The number of hydrogen-bond donors (Lipinski definition) is 3. The summed E-state index contributed by atoms with van der Waals surface area (Å²) in [5.74, 6) is 1.20. The molecule has 23 heavy (non-hydrogen) atoms. The van der Waals surface area contributed by atoms with Crippen LogP contribution >= 0.6 is 12.6 Å². The number of hydrogen-bond acceptors (Lipinski definition) is 7. The lowest BCUT2D eigenvalue weighted by molar-refractivity contribution is 0.412. The molecule has 118 valence electrons. The van der Waals surface area contributed by atoms with Gasteiger partial charge in [0.25, 0.3) is 0 Å². The summed E-state index contributed by atoms with van der Waals surface area (Å²) in [6.45, 7) is 1.98. The number of rotatable bonds is 3. The minimum absolute atomic E-state index is 0.139. The Bertz CT molecular complexity index is 884. The van der Waals surface area contributed by atoms with Gasteiger partial charge in [0.05, 0.1) is 17.9 Å². The van der Waals surface area contributed by atoms with Crippen LogP contribution in [-0.2, 0) is 0 Å². The maximum absolute atomic E-state index is 5.98. The lowest BCUT2D eigenvalue weighted by Crippen LogP contribution is -2.07. The number of aryl methyl sites for hydroxylation is 1. The van der Waals surface area contributed by atoms with Crippen LogP contribution in [0.25, 0.3) is 10.9 Å². The third kappa shape index (κ3) is 2.63. The number of benzene rings is 1. The van der Waals surface area contributed by atoms with Gasteiger partial charge in [-0.25, -0.2) is 4.98 Å². The van der Waals surface area contributed by atoms with Gasteiger partial charge in [0.15, 0.2) is 0 Å². The van der Waals surface area contributed by atoms with Crippen molar-refractivity contribution in [3.63, 3.8) is 0 Å². The Hall–Kier alpha value is -2.54. The summed E-state index contributed by atoms with van der Waals surface area (Å²) in [4.78, 5) is 12.5. The average molecular weight is 327 g/mol. The Balaban J connectivity index is 2.24. The molecule has 0 aliphatic carbocycles. The smallest absolute Gasteiger partial charge is 0.221 e. The van der Waals surface area contributed by atoms with Gasteiger partial charge in [-0.3, -0.25) is 4.98 Å². The number of nitrogen functional groups attached to an aromatic ring is 2. The van der Waals surface area contributed by atoms with Gasteiger partial charge in [-0.15, -0.1) is 0 Å². The maximum atomic E-state index is 5.98. The number of methoxy groups -OCH3 is 1. The third-order valence-corrected chi connectivity index (χ3v) is 4.36. The van der Waals surface area contributed by atoms with Gasteiger partial charge < -0.3 is 16.2 Å². The van der Waals surface area contributed by atoms with Crippen molar-refractivity contribution in [3.05, 3.63) is 47.3 Å². The summed E-state index contributed by atoms with van der Waals surface area (Å²) in [5.41, 5.74) is 15.0. The predicted molar refractivity (Wildman–Crippen MR) is 94.7 cm³/mol. The van der Waals surface area contributed by atoms with Crippen molar-refractivity contribution in [1.29, 1.82) is 0 Å². The van der Waals surface area contributed by atoms with Crippen LogP contribution in [-0.4, -0.2) is 22.1 Å². The molecule has 0 saturated carbocycles. The first-order valence-electron chi connectivity index (χ1n) is 7.01. The second-order valence-electron chi connectivity index (χ2n) is 5.16. The van der Waals surface area contributed by atoms with Crippen molar-refractivity contribution in [1.82, 2.24) is 15.0 Å². The summed E-state index contributed by atoms with van der Waals surface area (Å²) < 4.78 is 5.47. The van der Waals surface area contributed by atoms with Crippen LogP contribution in [0.5, 0.6) is 5.75 Å². The molecule has 7 heteroatoms. The van der Waals surface area contributed by atoms with Crippen molar-refractivity contribution in [2.45, 2.75) is 12.2 Å². The molecule has 0 amide bonds. The first kappa shape index (κ1) is 15.4. The van der Waals surface area contributed by atoms with Gasteiger partial charge >= 0.3 is 0 Å². The fraction of sp³-hybridized carbons (Fsp3) is 0.188. The molecule has 3 rings (SSSR count). The molecule has 0 radical (unpaired) electrons. The molecule has 1 aromatic carbocycles. The molecule has 0 saturated heterocycles. The number of anilines is 2. The number of fused-ring (bicyclic) bond motifs is 1. The fourth-order valence-corrected chi connectivity index (χ4v) is 3.03. The van der Waals surface area contributed by atoms with Crippen LogP contribution in [0.1, 0.15) is 21.9 Å². The molecule has 2 aromatic heterocycles. The topological polar surface area (TPSA) is 99.9 Å². The summed E-state index contributed by atoms with van der Waals surface area (Å²) in [6.07, 6.45) is 3.36. The number of nitrogens with zero attached hydrogens (tertiary/aromatic N) is 3. The fourth-order valence-electron chi connectivity index (χ4n) is 2.62. The second-order valence-corrected chi connectivity index (χ2v) is 5.68. The molecule has 1 unspecified atom stereocenters. The number of ether oxygens (including phenoxy) is 1. The highest BCUT2D eigenvalue weighted by atomic mass is 32.1. The van der Waals surface area contributed by atoms with Crippen molar-refractivity contribution in [2.75, 3.05) is 18.6 Å². The molecular formula is C16H17N5OS. The van der Waals surface area contributed by atoms with Crippen LogP contribution in [0.2, 0.25) is 0 Å². The van der Waals surface area contributed by atoms with E-state index in [2.05, 4.69) is 15.0 Å². The molecule has 0 fully saturated rings. The third-order valence-electron chi connectivity index (χ3n) is 3.81. The highest BCUT2D eigenvalue weighted by Gasteiger charge is 2.20. The van der Waals surface area contributed by atoms with Gasteiger partial charge in [0.2, 0.25) is 5.95 Å². The molecule has 0 spiro atoms. The molecule has 0 aliphatic heterocycles. The minimum atomic E-state index is -0.322. The van der Waals surface area contributed by atoms with Gasteiger partial charge in [-0.1, -0.05) is 6.07 Å². The highest BCUT2D eigenvalue weighted by molar-refractivity contribution is 7.80. The molecule has 2 heterocycles. The Morgan fingerprint density at radius 1 is 1.22 bits per heavy atom. The van der Waals surface area contributed by atoms with Gasteiger partial charge in [-0.2, -0.15) is 17.6 Å². The van der Waals surface area contributed by atoms with E-state index in [1.807, 2.05) is 25.1 Å².